The van der Waals surface area contributed by atoms with Crippen molar-refractivity contribution in [3.8, 4) is 0 Å². The van der Waals surface area contributed by atoms with E-state index in [2.05, 4.69) is 5.32 Å². The number of carbonyl (C=O) groups is 2. The molecule has 2 aromatic rings. The monoisotopic (exact) mass is 349 g/mol. The van der Waals surface area contributed by atoms with Crippen LogP contribution in [-0.2, 0) is 11.3 Å². The Morgan fingerprint density at radius 2 is 1.88 bits per heavy atom. The summed E-state index contributed by atoms with van der Waals surface area (Å²) in [6, 6.07) is 5.40. The molecule has 25 heavy (non-hydrogen) atoms. The topological polar surface area (TPSA) is 114 Å². The van der Waals surface area contributed by atoms with Crippen molar-refractivity contribution in [2.75, 3.05) is 5.32 Å². The second-order valence-electron chi connectivity index (χ2n) is 4.93. The van der Waals surface area contributed by atoms with Crippen molar-refractivity contribution in [3.05, 3.63) is 57.8 Å². The fourth-order valence-corrected chi connectivity index (χ4v) is 2.01. The lowest BCUT2D eigenvalue weighted by Crippen LogP contribution is -2.26. The first-order chi connectivity index (χ1) is 11.8. The maximum atomic E-state index is 13.9. The molecular weight excluding hydrogens is 329 g/mol. The number of nitrogens with two attached hydrogens (primary N) is 1. The molecule has 8 heteroatoms. The van der Waals surface area contributed by atoms with Crippen molar-refractivity contribution >= 4 is 23.3 Å². The van der Waals surface area contributed by atoms with Crippen LogP contribution in [-0.4, -0.2) is 21.6 Å². The number of anilines is 2. The van der Waals surface area contributed by atoms with Crippen LogP contribution in [0, 0.1) is 12.7 Å². The zero-order valence-electron chi connectivity index (χ0n) is 14.2. The molecule has 4 N–H and O–H groups in total. The Morgan fingerprint density at radius 3 is 2.40 bits per heavy atom. The summed E-state index contributed by atoms with van der Waals surface area (Å²) in [6.07, 6.45) is 1.03. The van der Waals surface area contributed by atoms with Crippen molar-refractivity contribution in [2.24, 2.45) is 5.73 Å². The van der Waals surface area contributed by atoms with Gasteiger partial charge in [0.1, 0.15) is 12.4 Å². The summed E-state index contributed by atoms with van der Waals surface area (Å²) < 4.78 is 14.7. The molecule has 0 aliphatic carbocycles. The second kappa shape index (κ2) is 8.62. The largest absolute Gasteiger partial charge is 0.480 e. The number of primary amides is 1. The molecule has 1 aromatic carbocycles. The first-order valence-electron chi connectivity index (χ1n) is 7.57. The quantitative estimate of drug-likeness (QED) is 0.766. The fourth-order valence-electron chi connectivity index (χ4n) is 2.01. The average molecular weight is 349 g/mol. The number of carboxylic acids is 1. The Hall–Kier alpha value is -3.16. The molecule has 0 atom stereocenters. The summed E-state index contributed by atoms with van der Waals surface area (Å²) >= 11 is 0. The highest BCUT2D eigenvalue weighted by atomic mass is 19.1. The van der Waals surface area contributed by atoms with Crippen molar-refractivity contribution in [1.82, 2.24) is 4.57 Å². The van der Waals surface area contributed by atoms with Crippen LogP contribution in [0.2, 0.25) is 0 Å². The van der Waals surface area contributed by atoms with E-state index in [1.54, 1.807) is 13.0 Å². The van der Waals surface area contributed by atoms with E-state index in [-0.39, 0.29) is 16.9 Å². The van der Waals surface area contributed by atoms with E-state index in [4.69, 9.17) is 10.8 Å². The van der Waals surface area contributed by atoms with Crippen molar-refractivity contribution < 1.29 is 19.1 Å². The van der Waals surface area contributed by atoms with E-state index in [9.17, 15) is 18.8 Å². The van der Waals surface area contributed by atoms with Gasteiger partial charge < -0.3 is 20.7 Å². The standard InChI is InChI=1S/C15H14FN3O4.C2H6/c1-8-2-3-11(10(16)4-8)18-12-5-13(20)19(7-14(21)22)6-9(12)15(17)23;1-2/h2-6,18H,7H2,1H3,(H2,17,23)(H,21,22);1-2H3. The molecule has 0 fully saturated rings. The predicted molar refractivity (Wildman–Crippen MR) is 92.6 cm³/mol. The number of hydrogen-bond acceptors (Lipinski definition) is 4. The number of benzene rings is 1. The van der Waals surface area contributed by atoms with Gasteiger partial charge in [0.05, 0.1) is 16.9 Å². The number of halogens is 1. The number of carboxylic acid groups (broad SMARTS) is 1. The molecule has 0 bridgehead atoms. The third kappa shape index (κ3) is 5.17. The molecule has 2 rings (SSSR count). The van der Waals surface area contributed by atoms with Crippen LogP contribution < -0.4 is 16.6 Å². The van der Waals surface area contributed by atoms with Crippen molar-refractivity contribution in [2.45, 2.75) is 27.3 Å². The summed E-state index contributed by atoms with van der Waals surface area (Å²) in [5.74, 6) is -2.68. The molecular formula is C17H20FN3O4. The van der Waals surface area contributed by atoms with Crippen LogP contribution in [0.3, 0.4) is 0 Å². The highest BCUT2D eigenvalue weighted by Gasteiger charge is 2.14. The van der Waals surface area contributed by atoms with Gasteiger partial charge in [-0.1, -0.05) is 19.9 Å². The van der Waals surface area contributed by atoms with Gasteiger partial charge in [-0.2, -0.15) is 0 Å². The van der Waals surface area contributed by atoms with Gasteiger partial charge in [-0.3, -0.25) is 14.4 Å². The number of nitrogens with one attached hydrogen (secondary N) is 1. The van der Waals surface area contributed by atoms with Gasteiger partial charge >= 0.3 is 5.97 Å². The van der Waals surface area contributed by atoms with E-state index < -0.39 is 29.8 Å². The number of rotatable bonds is 5. The van der Waals surface area contributed by atoms with Gasteiger partial charge in [-0.05, 0) is 24.6 Å². The van der Waals surface area contributed by atoms with Gasteiger partial charge in [-0.25, -0.2) is 4.39 Å². The minimum Gasteiger partial charge on any atom is -0.480 e. The Morgan fingerprint density at radius 1 is 1.24 bits per heavy atom. The maximum Gasteiger partial charge on any atom is 0.323 e. The average Bonchev–Trinajstić information content (AvgIpc) is 2.53. The predicted octanol–water partition coefficient (Wildman–Crippen LogP) is 2.25. The molecule has 1 heterocycles. The SMILES string of the molecule is CC.Cc1ccc(Nc2cc(=O)n(CC(=O)O)cc2C(N)=O)c(F)c1. The molecule has 0 saturated heterocycles. The van der Waals surface area contributed by atoms with Gasteiger partial charge in [0.25, 0.3) is 11.5 Å². The number of carbonyl (C=O) groups excluding carboxylic acids is 1. The van der Waals surface area contributed by atoms with E-state index >= 15 is 0 Å². The number of aliphatic carboxylic acids is 1. The minimum atomic E-state index is -1.24. The van der Waals surface area contributed by atoms with Gasteiger partial charge in [0, 0.05) is 12.3 Å². The lowest BCUT2D eigenvalue weighted by atomic mass is 10.1. The molecule has 0 aliphatic rings. The summed E-state index contributed by atoms with van der Waals surface area (Å²) in [5.41, 5.74) is 5.24. The molecule has 0 spiro atoms. The zero-order valence-corrected chi connectivity index (χ0v) is 14.2. The number of hydrogen-bond donors (Lipinski definition) is 3. The van der Waals surface area contributed by atoms with Gasteiger partial charge in [0.2, 0.25) is 0 Å². The summed E-state index contributed by atoms with van der Waals surface area (Å²) in [5, 5.41) is 11.4. The molecule has 7 nitrogen and oxygen atoms in total. The molecule has 134 valence electrons. The van der Waals surface area contributed by atoms with Gasteiger partial charge in [0.15, 0.2) is 0 Å². The Kier molecular flexibility index (Phi) is 6.86. The molecule has 1 amide bonds. The van der Waals surface area contributed by atoms with Crippen LogP contribution in [0.25, 0.3) is 0 Å². The summed E-state index contributed by atoms with van der Waals surface area (Å²) in [6.45, 7) is 5.10. The second-order valence-corrected chi connectivity index (χ2v) is 4.93. The maximum absolute atomic E-state index is 13.9. The third-order valence-electron chi connectivity index (χ3n) is 3.09. The number of aromatic nitrogens is 1. The zero-order chi connectivity index (χ0) is 19.1. The summed E-state index contributed by atoms with van der Waals surface area (Å²) in [7, 11) is 0. The van der Waals surface area contributed by atoms with Crippen molar-refractivity contribution in [1.29, 1.82) is 0 Å². The Labute approximate surface area is 143 Å². The first-order valence-corrected chi connectivity index (χ1v) is 7.57. The number of aryl methyl sites for hydroxylation is 1. The van der Waals surface area contributed by atoms with E-state index in [0.29, 0.717) is 5.56 Å². The van der Waals surface area contributed by atoms with Crippen LogP contribution >= 0.6 is 0 Å². The van der Waals surface area contributed by atoms with Crippen LogP contribution in [0.15, 0.2) is 35.3 Å². The molecule has 0 aliphatic heterocycles. The lowest BCUT2D eigenvalue weighted by molar-refractivity contribution is -0.137. The molecule has 0 unspecified atom stereocenters. The summed E-state index contributed by atoms with van der Waals surface area (Å²) in [4.78, 5) is 34.1. The Bertz CT molecular complexity index is 846. The fraction of sp³-hybridized carbons (Fsp3) is 0.235. The third-order valence-corrected chi connectivity index (χ3v) is 3.09. The highest BCUT2D eigenvalue weighted by Crippen LogP contribution is 2.22. The van der Waals surface area contributed by atoms with Crippen LogP contribution in [0.5, 0.6) is 0 Å². The minimum absolute atomic E-state index is 0.00638. The smallest absolute Gasteiger partial charge is 0.323 e. The normalized spacial score (nSPS) is 9.76. The molecule has 0 radical (unpaired) electrons. The number of nitrogens with zero attached hydrogens (tertiary/aromatic N) is 1. The van der Waals surface area contributed by atoms with E-state index in [1.165, 1.54) is 12.1 Å². The van der Waals surface area contributed by atoms with E-state index in [0.717, 1.165) is 16.8 Å². The van der Waals surface area contributed by atoms with Gasteiger partial charge in [-0.15, -0.1) is 0 Å². The Balaban J connectivity index is 0.00000151. The van der Waals surface area contributed by atoms with Crippen LogP contribution in [0.1, 0.15) is 29.8 Å². The van der Waals surface area contributed by atoms with Crippen molar-refractivity contribution in [3.63, 3.8) is 0 Å². The molecule has 0 saturated carbocycles. The highest BCUT2D eigenvalue weighted by molar-refractivity contribution is 5.98. The van der Waals surface area contributed by atoms with Crippen LogP contribution in [0.4, 0.5) is 15.8 Å². The van der Waals surface area contributed by atoms with E-state index in [1.807, 2.05) is 13.8 Å². The molecule has 1 aromatic heterocycles. The first kappa shape index (κ1) is 19.9. The number of amides is 1. The lowest BCUT2D eigenvalue weighted by Gasteiger charge is -2.13. The number of pyridine rings is 1.